The van der Waals surface area contributed by atoms with Crippen molar-refractivity contribution in [3.63, 3.8) is 0 Å². The van der Waals surface area contributed by atoms with Crippen LogP contribution in [-0.2, 0) is 16.8 Å². The number of hydrogen-bond acceptors (Lipinski definition) is 3. The summed E-state index contributed by atoms with van der Waals surface area (Å²) in [6, 6.07) is 19.6. The fourth-order valence-corrected chi connectivity index (χ4v) is 3.94. The summed E-state index contributed by atoms with van der Waals surface area (Å²) in [6.45, 7) is 0.352. The highest BCUT2D eigenvalue weighted by atomic mass is 35.5. The van der Waals surface area contributed by atoms with E-state index < -0.39 is 29.5 Å². The van der Waals surface area contributed by atoms with Crippen LogP contribution in [0.3, 0.4) is 0 Å². The second-order valence-corrected chi connectivity index (χ2v) is 7.76. The van der Waals surface area contributed by atoms with E-state index in [2.05, 4.69) is 0 Å². The zero-order valence-corrected chi connectivity index (χ0v) is 16.8. The molecular weight excluding hydrogens is 405 g/mol. The molecule has 1 unspecified atom stereocenters. The molecule has 0 saturated carbocycles. The predicted molar refractivity (Wildman–Crippen MR) is 113 cm³/mol. The van der Waals surface area contributed by atoms with Gasteiger partial charge in [-0.05, 0) is 54.4 Å². The maximum atomic E-state index is 13.3. The van der Waals surface area contributed by atoms with E-state index in [1.54, 1.807) is 12.1 Å². The lowest BCUT2D eigenvalue weighted by Crippen LogP contribution is -2.42. The van der Waals surface area contributed by atoms with Gasteiger partial charge in [0.25, 0.3) is 5.91 Å². The number of ketones is 1. The lowest BCUT2D eigenvalue weighted by molar-refractivity contribution is -0.135. The van der Waals surface area contributed by atoms with Crippen molar-refractivity contribution in [3.05, 3.63) is 100 Å². The maximum absolute atomic E-state index is 13.3. The number of hydrogen-bond donors (Lipinski definition) is 1. The molecule has 3 aromatic rings. The van der Waals surface area contributed by atoms with Gasteiger partial charge in [-0.2, -0.15) is 0 Å². The molecule has 0 fully saturated rings. The minimum Gasteiger partial charge on any atom is -0.375 e. The Hall–Kier alpha value is -3.02. The van der Waals surface area contributed by atoms with Crippen molar-refractivity contribution in [1.29, 1.82) is 0 Å². The van der Waals surface area contributed by atoms with Crippen molar-refractivity contribution in [2.24, 2.45) is 0 Å². The van der Waals surface area contributed by atoms with E-state index in [1.807, 2.05) is 30.3 Å². The first-order chi connectivity index (χ1) is 14.4. The van der Waals surface area contributed by atoms with Gasteiger partial charge in [0.2, 0.25) is 0 Å². The zero-order chi connectivity index (χ0) is 21.3. The van der Waals surface area contributed by atoms with Crippen molar-refractivity contribution in [2.45, 2.75) is 18.4 Å². The maximum Gasteiger partial charge on any atom is 0.264 e. The molecule has 30 heavy (non-hydrogen) atoms. The van der Waals surface area contributed by atoms with E-state index in [0.717, 1.165) is 5.56 Å². The number of carbonyl (C=O) groups is 2. The van der Waals surface area contributed by atoms with Gasteiger partial charge >= 0.3 is 0 Å². The molecule has 1 atom stereocenters. The first kappa shape index (κ1) is 20.3. The van der Waals surface area contributed by atoms with Crippen LogP contribution in [0.4, 0.5) is 10.1 Å². The third kappa shape index (κ3) is 3.74. The van der Waals surface area contributed by atoms with E-state index in [9.17, 15) is 19.1 Å². The summed E-state index contributed by atoms with van der Waals surface area (Å²) in [5.74, 6) is -1.49. The third-order valence-corrected chi connectivity index (χ3v) is 5.58. The Morgan fingerprint density at radius 3 is 2.43 bits per heavy atom. The van der Waals surface area contributed by atoms with Gasteiger partial charge in [-0.15, -0.1) is 0 Å². The molecule has 3 aromatic carbocycles. The van der Waals surface area contributed by atoms with E-state index in [-0.39, 0.29) is 5.56 Å². The Morgan fingerprint density at radius 2 is 1.73 bits per heavy atom. The second kappa shape index (κ2) is 8.01. The number of Topliss-reactive ketones (excluding diaryl/α,β-unsaturated/α-hetero) is 1. The highest BCUT2D eigenvalue weighted by molar-refractivity contribution is 6.31. The number of nitrogens with zero attached hydrogens (tertiary/aromatic N) is 1. The number of carbonyl (C=O) groups excluding carboxylic acids is 2. The molecular formula is C24H19ClFNO3. The number of benzene rings is 3. The lowest BCUT2D eigenvalue weighted by Gasteiger charge is -2.23. The largest absolute Gasteiger partial charge is 0.375 e. The Bertz CT molecular complexity index is 1100. The average Bonchev–Trinajstić information content (AvgIpc) is 2.94. The van der Waals surface area contributed by atoms with Crippen LogP contribution in [0.5, 0.6) is 0 Å². The molecule has 6 heteroatoms. The summed E-state index contributed by atoms with van der Waals surface area (Å²) in [4.78, 5) is 27.5. The van der Waals surface area contributed by atoms with Crippen molar-refractivity contribution in [1.82, 2.24) is 0 Å². The minimum absolute atomic E-state index is 0.226. The monoisotopic (exact) mass is 423 g/mol. The molecule has 0 saturated heterocycles. The van der Waals surface area contributed by atoms with E-state index in [0.29, 0.717) is 29.2 Å². The molecule has 0 spiro atoms. The van der Waals surface area contributed by atoms with Gasteiger partial charge in [-0.3, -0.25) is 9.59 Å². The number of halogens is 2. The molecule has 0 aliphatic carbocycles. The number of amides is 1. The summed E-state index contributed by atoms with van der Waals surface area (Å²) < 4.78 is 13.2. The Labute approximate surface area is 178 Å². The summed E-state index contributed by atoms with van der Waals surface area (Å²) in [6.07, 6.45) is 0.142. The second-order valence-electron chi connectivity index (χ2n) is 7.32. The molecule has 0 aromatic heterocycles. The number of fused-ring (bicyclic) bond motifs is 1. The van der Waals surface area contributed by atoms with Gasteiger partial charge in [0.05, 0.1) is 12.1 Å². The third-order valence-electron chi connectivity index (χ3n) is 5.34. The Morgan fingerprint density at radius 1 is 1.03 bits per heavy atom. The highest BCUT2D eigenvalue weighted by Gasteiger charge is 2.50. The van der Waals surface area contributed by atoms with E-state index >= 15 is 0 Å². The molecule has 1 aliphatic heterocycles. The smallest absolute Gasteiger partial charge is 0.264 e. The summed E-state index contributed by atoms with van der Waals surface area (Å²) in [5, 5.41) is 11.7. The Kier molecular flexibility index (Phi) is 5.41. The molecule has 1 amide bonds. The minimum atomic E-state index is -2.03. The molecule has 1 heterocycles. The SMILES string of the molecule is O=C(CC1(O)C(=O)N(CCc2ccccc2)c2ccc(Cl)cc21)c1ccc(F)cc1. The van der Waals surface area contributed by atoms with Crippen LogP contribution in [0, 0.1) is 5.82 Å². The summed E-state index contributed by atoms with van der Waals surface area (Å²) >= 11 is 6.12. The quantitative estimate of drug-likeness (QED) is 0.593. The first-order valence-corrected chi connectivity index (χ1v) is 9.93. The van der Waals surface area contributed by atoms with Crippen LogP contribution in [0.15, 0.2) is 72.8 Å². The van der Waals surface area contributed by atoms with Crippen molar-refractivity contribution >= 4 is 29.0 Å². The molecule has 0 radical (unpaired) electrons. The highest BCUT2D eigenvalue weighted by Crippen LogP contribution is 2.44. The molecule has 1 aliphatic rings. The normalized spacial score (nSPS) is 17.8. The van der Waals surface area contributed by atoms with Crippen LogP contribution >= 0.6 is 11.6 Å². The van der Waals surface area contributed by atoms with E-state index in [4.69, 9.17) is 11.6 Å². The first-order valence-electron chi connectivity index (χ1n) is 9.55. The zero-order valence-electron chi connectivity index (χ0n) is 16.0. The molecule has 4 nitrogen and oxygen atoms in total. The van der Waals surface area contributed by atoms with Crippen LogP contribution in [0.2, 0.25) is 5.02 Å². The molecule has 1 N–H and O–H groups in total. The summed E-state index contributed by atoms with van der Waals surface area (Å²) in [7, 11) is 0. The number of aliphatic hydroxyl groups is 1. The van der Waals surface area contributed by atoms with Gasteiger partial charge in [0.15, 0.2) is 11.4 Å². The standard InChI is InChI=1S/C24H19ClFNO3/c25-18-8-11-21-20(14-18)24(30,15-22(28)17-6-9-19(26)10-7-17)23(29)27(21)13-12-16-4-2-1-3-5-16/h1-11,14,30H,12-13,15H2. The van der Waals surface area contributed by atoms with Gasteiger partial charge < -0.3 is 10.0 Å². The molecule has 152 valence electrons. The van der Waals surface area contributed by atoms with Crippen molar-refractivity contribution < 1.29 is 19.1 Å². The average molecular weight is 424 g/mol. The lowest BCUT2D eigenvalue weighted by atomic mass is 9.88. The van der Waals surface area contributed by atoms with Gasteiger partial charge in [0, 0.05) is 22.7 Å². The van der Waals surface area contributed by atoms with Crippen LogP contribution in [-0.4, -0.2) is 23.3 Å². The molecule has 4 rings (SSSR count). The fraction of sp³-hybridized carbons (Fsp3) is 0.167. The van der Waals surface area contributed by atoms with Crippen LogP contribution in [0.25, 0.3) is 0 Å². The number of rotatable bonds is 6. The van der Waals surface area contributed by atoms with Crippen LogP contribution < -0.4 is 4.90 Å². The summed E-state index contributed by atoms with van der Waals surface area (Å²) in [5.41, 5.74) is 0.100. The van der Waals surface area contributed by atoms with Crippen molar-refractivity contribution in [2.75, 3.05) is 11.4 Å². The van der Waals surface area contributed by atoms with Crippen LogP contribution in [0.1, 0.15) is 27.9 Å². The van der Waals surface area contributed by atoms with Gasteiger partial charge in [-0.1, -0.05) is 41.9 Å². The van der Waals surface area contributed by atoms with Gasteiger partial charge in [-0.25, -0.2) is 4.39 Å². The van der Waals surface area contributed by atoms with Gasteiger partial charge in [0.1, 0.15) is 5.82 Å². The Balaban J connectivity index is 1.64. The fourth-order valence-electron chi connectivity index (χ4n) is 3.77. The van der Waals surface area contributed by atoms with Crippen molar-refractivity contribution in [3.8, 4) is 0 Å². The topological polar surface area (TPSA) is 57.6 Å². The van der Waals surface area contributed by atoms with E-state index in [1.165, 1.54) is 35.2 Å². The molecule has 0 bridgehead atoms. The predicted octanol–water partition coefficient (Wildman–Crippen LogP) is 4.53. The number of anilines is 1.